The molecular formula is C80H142O. The Hall–Kier alpha value is -1.08. The van der Waals surface area contributed by atoms with Gasteiger partial charge in [-0.3, -0.25) is 0 Å². The van der Waals surface area contributed by atoms with E-state index in [9.17, 15) is 0 Å². The predicted molar refractivity (Wildman–Crippen MR) is 359 cm³/mol. The molecule has 0 aromatic rings. The quantitative estimate of drug-likeness (QED) is 0.149. The zero-order valence-electron chi connectivity index (χ0n) is 55.8. The second-order valence-electron chi connectivity index (χ2n) is 31.7. The summed E-state index contributed by atoms with van der Waals surface area (Å²) in [5.41, 5.74) is 0. The fourth-order valence-electron chi connectivity index (χ4n) is 19.3. The molecule has 0 radical (unpaired) electrons. The van der Waals surface area contributed by atoms with Crippen LogP contribution in [0.15, 0.2) is 50.1 Å². The van der Waals surface area contributed by atoms with Crippen LogP contribution in [0.5, 0.6) is 0 Å². The van der Waals surface area contributed by atoms with Gasteiger partial charge in [0.05, 0.1) is 6.10 Å². The Bertz CT molecular complexity index is 1530. The van der Waals surface area contributed by atoms with Gasteiger partial charge in [-0.15, -0.1) is 19.7 Å². The van der Waals surface area contributed by atoms with Crippen molar-refractivity contribution in [2.75, 3.05) is 7.11 Å². The standard InChI is InChI=1S/C18H32.C18H30.C16H28.C14H26O.C14H26/c1-3-4-5-6-16-9-13-18(14-10-16)17-11-7-15(2)8-12-17;1-3-5-15-7-11-17(12-8-15)18-13-9-16(6-4-2)10-14-18;1-3-4-14-7-11-16(12-8-14)15-9-5-13(2)6-10-15;1-11-3-5-12(6-4-11)13-7-9-14(15-2)10-8-13;1-11-3-7-13(8-4-11)14-9-5-12(2)6-10-14/h4-5,15-18H,3,6-14H2,1-2H3;3-4,15-18H,1-2,5-14H2;3,13-16H,1,4-12H2,2H3;11-14H,3-10H2,1-2H3;11-14H,3-10H2,1-2H3. The van der Waals surface area contributed by atoms with Crippen molar-refractivity contribution in [2.45, 2.75) is 337 Å². The van der Waals surface area contributed by atoms with Gasteiger partial charge in [-0.2, -0.15) is 0 Å². The van der Waals surface area contributed by atoms with E-state index in [4.69, 9.17) is 4.74 Å². The second-order valence-corrected chi connectivity index (χ2v) is 31.7. The van der Waals surface area contributed by atoms with Crippen LogP contribution in [0.4, 0.5) is 0 Å². The molecule has 10 rings (SSSR count). The SMILES string of the molecule is C=CCC1CCC(C2CCC(C)CC2)CC1.C=CCC1CCC(C2CCC(CC=C)CC2)CC1.CC1CCC(C2CCC(C)CC2)CC1.CCC=CCC1CCC(C2CCC(C)CC2)CC1.COC1CCC(C2CCC(C)CC2)CC1. The van der Waals surface area contributed by atoms with Gasteiger partial charge in [0.2, 0.25) is 0 Å². The van der Waals surface area contributed by atoms with Gasteiger partial charge in [0.1, 0.15) is 0 Å². The minimum atomic E-state index is 0.573. The zero-order chi connectivity index (χ0) is 57.6. The number of hydrogen-bond donors (Lipinski definition) is 0. The van der Waals surface area contributed by atoms with E-state index in [1.807, 2.05) is 7.11 Å². The molecule has 10 aliphatic carbocycles. The van der Waals surface area contributed by atoms with Gasteiger partial charge in [-0.25, -0.2) is 0 Å². The van der Waals surface area contributed by atoms with Gasteiger partial charge in [-0.05, 0) is 337 Å². The average molecular weight is 1120 g/mol. The van der Waals surface area contributed by atoms with Crippen molar-refractivity contribution >= 4 is 0 Å². The molecule has 0 aromatic heterocycles. The van der Waals surface area contributed by atoms with Crippen molar-refractivity contribution in [1.29, 1.82) is 0 Å². The molecule has 10 aliphatic rings. The van der Waals surface area contributed by atoms with Crippen LogP contribution in [0.2, 0.25) is 0 Å². The minimum absolute atomic E-state index is 0.573. The largest absolute Gasteiger partial charge is 0.381 e. The molecule has 0 aromatic carbocycles. The summed E-state index contributed by atoms with van der Waals surface area (Å²) in [7, 11) is 1.87. The molecule has 1 heteroatoms. The first kappa shape index (κ1) is 69.0. The lowest BCUT2D eigenvalue weighted by Crippen LogP contribution is -2.27. The molecule has 10 fully saturated rings. The third-order valence-corrected chi connectivity index (χ3v) is 25.6. The van der Waals surface area contributed by atoms with Crippen LogP contribution >= 0.6 is 0 Å². The Morgan fingerprint density at radius 3 is 0.630 bits per heavy atom. The number of hydrogen-bond acceptors (Lipinski definition) is 1. The highest BCUT2D eigenvalue weighted by Gasteiger charge is 2.34. The molecule has 10 saturated carbocycles. The van der Waals surface area contributed by atoms with E-state index in [0.717, 1.165) is 112 Å². The van der Waals surface area contributed by atoms with Crippen molar-refractivity contribution in [3.63, 3.8) is 0 Å². The Morgan fingerprint density at radius 1 is 0.259 bits per heavy atom. The summed E-state index contributed by atoms with van der Waals surface area (Å²) in [6.45, 7) is 26.0. The van der Waals surface area contributed by atoms with E-state index >= 15 is 0 Å². The maximum absolute atomic E-state index is 5.44. The molecule has 0 spiro atoms. The Balaban J connectivity index is 0.000000164. The van der Waals surface area contributed by atoms with E-state index < -0.39 is 0 Å². The normalized spacial score (nSPS) is 40.4. The zero-order valence-corrected chi connectivity index (χ0v) is 55.8. The maximum Gasteiger partial charge on any atom is 0.0571 e. The molecule has 1 nitrogen and oxygen atoms in total. The lowest BCUT2D eigenvalue weighted by molar-refractivity contribution is 0.0399. The second kappa shape index (κ2) is 39.7. The van der Waals surface area contributed by atoms with Crippen molar-refractivity contribution in [3.8, 4) is 0 Å². The molecule has 468 valence electrons. The fourth-order valence-corrected chi connectivity index (χ4v) is 19.3. The number of rotatable bonds is 15. The first-order valence-electron chi connectivity index (χ1n) is 37.5. The van der Waals surface area contributed by atoms with Crippen LogP contribution in [0.25, 0.3) is 0 Å². The van der Waals surface area contributed by atoms with Crippen LogP contribution in [0.1, 0.15) is 330 Å². The highest BCUT2D eigenvalue weighted by Crippen LogP contribution is 2.47. The van der Waals surface area contributed by atoms with Crippen LogP contribution in [-0.2, 0) is 4.74 Å². The van der Waals surface area contributed by atoms with Gasteiger partial charge < -0.3 is 4.74 Å². The van der Waals surface area contributed by atoms with Gasteiger partial charge in [0.15, 0.2) is 0 Å². The Morgan fingerprint density at radius 2 is 0.444 bits per heavy atom. The molecule has 0 bridgehead atoms. The summed E-state index contributed by atoms with van der Waals surface area (Å²) in [5, 5.41) is 0. The van der Waals surface area contributed by atoms with E-state index in [2.05, 4.69) is 91.7 Å². The van der Waals surface area contributed by atoms with Gasteiger partial charge in [0.25, 0.3) is 0 Å². The number of ether oxygens (including phenoxy) is 1. The van der Waals surface area contributed by atoms with Crippen LogP contribution < -0.4 is 0 Å². The monoisotopic (exact) mass is 1120 g/mol. The third-order valence-electron chi connectivity index (χ3n) is 25.6. The highest BCUT2D eigenvalue weighted by atomic mass is 16.5. The summed E-state index contributed by atoms with van der Waals surface area (Å²) in [6.07, 6.45) is 77.7. The van der Waals surface area contributed by atoms with E-state index in [1.165, 1.54) is 263 Å². The molecular weight excluding hydrogens is 977 g/mol. The molecule has 0 N–H and O–H groups in total. The first-order chi connectivity index (χ1) is 39.5. The topological polar surface area (TPSA) is 9.23 Å². The van der Waals surface area contributed by atoms with Crippen molar-refractivity contribution in [3.05, 3.63) is 50.1 Å². The van der Waals surface area contributed by atoms with Crippen molar-refractivity contribution in [1.82, 2.24) is 0 Å². The smallest absolute Gasteiger partial charge is 0.0571 e. The lowest BCUT2D eigenvalue weighted by Gasteiger charge is -2.37. The molecule has 0 atom stereocenters. The summed E-state index contributed by atoms with van der Waals surface area (Å²) in [4.78, 5) is 0. The molecule has 0 unspecified atom stereocenters. The highest BCUT2D eigenvalue weighted by molar-refractivity contribution is 4.90. The summed E-state index contributed by atoms with van der Waals surface area (Å²) in [6, 6.07) is 0. The van der Waals surface area contributed by atoms with E-state index in [-0.39, 0.29) is 0 Å². The molecule has 0 aliphatic heterocycles. The maximum atomic E-state index is 5.44. The van der Waals surface area contributed by atoms with Crippen molar-refractivity contribution < 1.29 is 4.74 Å². The average Bonchev–Trinajstić information content (AvgIpc) is 3.50. The summed E-state index contributed by atoms with van der Waals surface area (Å²) >= 11 is 0. The number of allylic oxidation sites excluding steroid dienone is 5. The Kier molecular flexibility index (Phi) is 33.8. The van der Waals surface area contributed by atoms with Crippen LogP contribution in [0.3, 0.4) is 0 Å². The van der Waals surface area contributed by atoms with Crippen LogP contribution in [0, 0.1) is 112 Å². The predicted octanol–water partition coefficient (Wildman–Crippen LogP) is 25.6. The lowest BCUT2D eigenvalue weighted by atomic mass is 9.68. The summed E-state index contributed by atoms with van der Waals surface area (Å²) in [5.74, 6) is 19.7. The van der Waals surface area contributed by atoms with Gasteiger partial charge in [-0.1, -0.05) is 136 Å². The molecule has 0 amide bonds. The van der Waals surface area contributed by atoms with Crippen molar-refractivity contribution in [2.24, 2.45) is 112 Å². The Labute approximate surface area is 508 Å². The third kappa shape index (κ3) is 25.7. The first-order valence-corrected chi connectivity index (χ1v) is 37.5. The molecule has 0 saturated heterocycles. The van der Waals surface area contributed by atoms with E-state index in [0.29, 0.717) is 6.10 Å². The van der Waals surface area contributed by atoms with Gasteiger partial charge >= 0.3 is 0 Å². The minimum Gasteiger partial charge on any atom is -0.381 e. The summed E-state index contributed by atoms with van der Waals surface area (Å²) < 4.78 is 5.44. The van der Waals surface area contributed by atoms with E-state index in [1.54, 1.807) is 25.7 Å². The fraction of sp³-hybridized carbons (Fsp3) is 0.900. The van der Waals surface area contributed by atoms with Crippen LogP contribution in [-0.4, -0.2) is 13.2 Å². The molecule has 81 heavy (non-hydrogen) atoms. The molecule has 0 heterocycles. The number of methoxy groups -OCH3 is 1. The van der Waals surface area contributed by atoms with Gasteiger partial charge in [0, 0.05) is 7.11 Å².